The van der Waals surface area contributed by atoms with Crippen molar-refractivity contribution >= 4 is 41.8 Å². The average molecular weight is 343 g/mol. The number of benzene rings is 1. The largest absolute Gasteiger partial charge is 0.334 e. The maximum Gasteiger partial charge on any atom is 0.274 e. The van der Waals surface area contributed by atoms with Gasteiger partial charge in [0, 0.05) is 25.2 Å². The van der Waals surface area contributed by atoms with E-state index in [1.54, 1.807) is 6.20 Å². The van der Waals surface area contributed by atoms with Gasteiger partial charge < -0.3 is 10.2 Å². The van der Waals surface area contributed by atoms with E-state index in [9.17, 15) is 4.79 Å². The summed E-state index contributed by atoms with van der Waals surface area (Å²) in [6, 6.07) is 8.19. The fourth-order valence-corrected chi connectivity index (χ4v) is 2.71. The van der Waals surface area contributed by atoms with E-state index < -0.39 is 0 Å². The molecular weight excluding hydrogens is 323 g/mol. The van der Waals surface area contributed by atoms with Crippen LogP contribution in [0.4, 0.5) is 0 Å². The van der Waals surface area contributed by atoms with E-state index in [0.717, 1.165) is 11.0 Å². The van der Waals surface area contributed by atoms with E-state index in [1.165, 1.54) is 0 Å². The molecule has 1 aromatic heterocycles. The smallest absolute Gasteiger partial charge is 0.274 e. The molecule has 7 heteroatoms. The summed E-state index contributed by atoms with van der Waals surface area (Å²) in [5.41, 5.74) is 1.99. The van der Waals surface area contributed by atoms with Gasteiger partial charge in [0.2, 0.25) is 0 Å². The Morgan fingerprint density at radius 1 is 1.14 bits per heavy atom. The molecule has 0 aliphatic carbocycles. The molecule has 1 saturated heterocycles. The van der Waals surface area contributed by atoms with Gasteiger partial charge in [-0.2, -0.15) is 0 Å². The minimum Gasteiger partial charge on any atom is -0.334 e. The van der Waals surface area contributed by atoms with E-state index >= 15 is 0 Å². The molecule has 3 rings (SSSR count). The number of aromatic nitrogens is 2. The van der Waals surface area contributed by atoms with Crippen LogP contribution in [0.15, 0.2) is 30.5 Å². The first-order valence-electron chi connectivity index (χ1n) is 6.90. The average Bonchev–Trinajstić information content (AvgIpc) is 2.45. The number of nitrogens with one attached hydrogen (secondary N) is 1. The van der Waals surface area contributed by atoms with Crippen LogP contribution >= 0.6 is 24.8 Å². The van der Waals surface area contributed by atoms with Crippen LogP contribution in [0, 0.1) is 0 Å². The van der Waals surface area contributed by atoms with E-state index in [1.807, 2.05) is 29.2 Å². The van der Waals surface area contributed by atoms with E-state index in [-0.39, 0.29) is 30.7 Å². The van der Waals surface area contributed by atoms with Gasteiger partial charge >= 0.3 is 0 Å². The van der Waals surface area contributed by atoms with E-state index in [0.29, 0.717) is 30.9 Å². The normalized spacial score (nSPS) is 20.9. The zero-order chi connectivity index (χ0) is 14.1. The quantitative estimate of drug-likeness (QED) is 0.863. The molecule has 1 aliphatic rings. The Balaban J connectivity index is 0.00000121. The van der Waals surface area contributed by atoms with Gasteiger partial charge in [0.05, 0.1) is 17.2 Å². The summed E-state index contributed by atoms with van der Waals surface area (Å²) in [5, 5.41) is 3.42. The number of carbonyl (C=O) groups is 1. The highest BCUT2D eigenvalue weighted by Crippen LogP contribution is 2.12. The fourth-order valence-electron chi connectivity index (χ4n) is 2.71. The van der Waals surface area contributed by atoms with Crippen molar-refractivity contribution in [1.29, 1.82) is 0 Å². The molecule has 120 valence electrons. The van der Waals surface area contributed by atoms with E-state index in [4.69, 9.17) is 0 Å². The summed E-state index contributed by atoms with van der Waals surface area (Å²) in [4.78, 5) is 23.1. The first kappa shape index (κ1) is 18.6. The van der Waals surface area contributed by atoms with Gasteiger partial charge in [-0.05, 0) is 26.0 Å². The van der Waals surface area contributed by atoms with Crippen LogP contribution in [0.1, 0.15) is 24.3 Å². The molecule has 1 aromatic carbocycles. The summed E-state index contributed by atoms with van der Waals surface area (Å²) < 4.78 is 0. The second kappa shape index (κ2) is 7.72. The second-order valence-corrected chi connectivity index (χ2v) is 5.42. The highest BCUT2D eigenvalue weighted by atomic mass is 35.5. The number of fused-ring (bicyclic) bond motifs is 1. The van der Waals surface area contributed by atoms with Gasteiger partial charge in [0.15, 0.2) is 0 Å². The monoisotopic (exact) mass is 342 g/mol. The lowest BCUT2D eigenvalue weighted by Crippen LogP contribution is -2.55. The van der Waals surface area contributed by atoms with Gasteiger partial charge in [0.1, 0.15) is 5.69 Å². The van der Waals surface area contributed by atoms with Crippen molar-refractivity contribution in [2.45, 2.75) is 25.9 Å². The number of hydrogen-bond donors (Lipinski definition) is 1. The van der Waals surface area contributed by atoms with Gasteiger partial charge in [-0.1, -0.05) is 12.1 Å². The van der Waals surface area contributed by atoms with Crippen LogP contribution < -0.4 is 5.32 Å². The van der Waals surface area contributed by atoms with Crippen molar-refractivity contribution in [3.05, 3.63) is 36.2 Å². The van der Waals surface area contributed by atoms with Gasteiger partial charge in [0.25, 0.3) is 5.91 Å². The molecule has 22 heavy (non-hydrogen) atoms. The number of amides is 1. The van der Waals surface area contributed by atoms with Gasteiger partial charge in [-0.3, -0.25) is 9.78 Å². The van der Waals surface area contributed by atoms with Crippen molar-refractivity contribution in [2.24, 2.45) is 0 Å². The number of halogens is 2. The molecule has 1 fully saturated rings. The van der Waals surface area contributed by atoms with Crippen LogP contribution in [-0.4, -0.2) is 45.9 Å². The number of nitrogens with zero attached hydrogens (tertiary/aromatic N) is 3. The number of hydrogen-bond acceptors (Lipinski definition) is 4. The topological polar surface area (TPSA) is 58.1 Å². The van der Waals surface area contributed by atoms with E-state index in [2.05, 4.69) is 29.1 Å². The van der Waals surface area contributed by atoms with Crippen LogP contribution in [0.2, 0.25) is 0 Å². The zero-order valence-corrected chi connectivity index (χ0v) is 14.2. The molecule has 5 nitrogen and oxygen atoms in total. The van der Waals surface area contributed by atoms with Gasteiger partial charge in [-0.25, -0.2) is 4.98 Å². The van der Waals surface area contributed by atoms with Crippen molar-refractivity contribution in [3.8, 4) is 0 Å². The number of rotatable bonds is 1. The maximum atomic E-state index is 12.5. The molecule has 1 N–H and O–H groups in total. The first-order chi connectivity index (χ1) is 9.63. The SMILES string of the molecule is CC1CN(C(=O)c2cnc3ccccc3n2)CC(C)N1.Cl.Cl. The minimum absolute atomic E-state index is 0. The molecule has 0 bridgehead atoms. The Morgan fingerprint density at radius 2 is 1.73 bits per heavy atom. The van der Waals surface area contributed by atoms with Crippen molar-refractivity contribution in [1.82, 2.24) is 20.2 Å². The lowest BCUT2D eigenvalue weighted by atomic mass is 10.1. The molecule has 2 aromatic rings. The molecule has 2 unspecified atom stereocenters. The molecular formula is C15H20Cl2N4O. The molecule has 0 saturated carbocycles. The lowest BCUT2D eigenvalue weighted by molar-refractivity contribution is 0.0668. The summed E-state index contributed by atoms with van der Waals surface area (Å²) in [6.07, 6.45) is 1.57. The standard InChI is InChI=1S/C15H18N4O.2ClH/c1-10-8-19(9-11(2)17-10)15(20)14-7-16-12-5-3-4-6-13(12)18-14;;/h3-7,10-11,17H,8-9H2,1-2H3;2*1H. The lowest BCUT2D eigenvalue weighted by Gasteiger charge is -2.35. The molecule has 0 spiro atoms. The minimum atomic E-state index is -0.0385. The molecule has 0 radical (unpaired) electrons. The maximum absolute atomic E-state index is 12.5. The molecule has 2 heterocycles. The fraction of sp³-hybridized carbons (Fsp3) is 0.400. The second-order valence-electron chi connectivity index (χ2n) is 5.42. The van der Waals surface area contributed by atoms with Crippen molar-refractivity contribution < 1.29 is 4.79 Å². The molecule has 1 aliphatic heterocycles. The summed E-state index contributed by atoms with van der Waals surface area (Å²) in [5.74, 6) is -0.0385. The van der Waals surface area contributed by atoms with Crippen LogP contribution in [0.3, 0.4) is 0 Å². The van der Waals surface area contributed by atoms with Crippen LogP contribution in [0.5, 0.6) is 0 Å². The van der Waals surface area contributed by atoms with Crippen molar-refractivity contribution in [2.75, 3.05) is 13.1 Å². The third kappa shape index (κ3) is 3.85. The Kier molecular flexibility index (Phi) is 6.53. The Labute approximate surface area is 142 Å². The summed E-state index contributed by atoms with van der Waals surface area (Å²) in [7, 11) is 0. The third-order valence-corrected chi connectivity index (χ3v) is 3.51. The number of para-hydroxylation sites is 2. The Bertz CT molecular complexity index is 642. The summed E-state index contributed by atoms with van der Waals surface area (Å²) in [6.45, 7) is 5.58. The highest BCUT2D eigenvalue weighted by molar-refractivity contribution is 5.93. The third-order valence-electron chi connectivity index (χ3n) is 3.51. The predicted molar refractivity (Wildman–Crippen MR) is 92.0 cm³/mol. The first-order valence-corrected chi connectivity index (χ1v) is 6.90. The van der Waals surface area contributed by atoms with Crippen LogP contribution in [-0.2, 0) is 0 Å². The summed E-state index contributed by atoms with van der Waals surface area (Å²) >= 11 is 0. The number of carbonyl (C=O) groups excluding carboxylic acids is 1. The zero-order valence-electron chi connectivity index (χ0n) is 12.5. The van der Waals surface area contributed by atoms with Crippen LogP contribution in [0.25, 0.3) is 11.0 Å². The Hall–Kier alpha value is -1.43. The Morgan fingerprint density at radius 3 is 2.36 bits per heavy atom. The molecule has 1 amide bonds. The predicted octanol–water partition coefficient (Wildman–Crippen LogP) is 2.30. The molecule has 2 atom stereocenters. The van der Waals surface area contributed by atoms with Gasteiger partial charge in [-0.15, -0.1) is 24.8 Å². The highest BCUT2D eigenvalue weighted by Gasteiger charge is 2.26. The van der Waals surface area contributed by atoms with Crippen molar-refractivity contribution in [3.63, 3.8) is 0 Å². The number of piperazine rings is 1.